The van der Waals surface area contributed by atoms with Gasteiger partial charge in [0, 0.05) is 19.1 Å². The summed E-state index contributed by atoms with van der Waals surface area (Å²) in [5.41, 5.74) is 6.30. The van der Waals surface area contributed by atoms with Crippen LogP contribution in [-0.2, 0) is 0 Å². The molecule has 1 atom stereocenters. The number of carbonyl (C=O) groups is 1. The van der Waals surface area contributed by atoms with Gasteiger partial charge in [-0.15, -0.1) is 0 Å². The molecule has 0 aromatic rings. The average molecular weight is 184 g/mol. The maximum atomic E-state index is 10.7. The number of likely N-dealkylation sites (tertiary alicyclic amines) is 1. The van der Waals surface area contributed by atoms with Crippen LogP contribution in [0.1, 0.15) is 25.7 Å². The standard InChI is InChI=1S/C9H16N2O2/c10-7-6-11(8(12)13)5-4-9(7)2-1-3-9/h7H,1-6,10H2,(H,12,13). The summed E-state index contributed by atoms with van der Waals surface area (Å²) < 4.78 is 0. The highest BCUT2D eigenvalue weighted by molar-refractivity contribution is 5.65. The third-order valence-corrected chi connectivity index (χ3v) is 3.70. The summed E-state index contributed by atoms with van der Waals surface area (Å²) in [4.78, 5) is 12.1. The summed E-state index contributed by atoms with van der Waals surface area (Å²) in [6, 6.07) is 0.0612. The Morgan fingerprint density at radius 1 is 1.46 bits per heavy atom. The van der Waals surface area contributed by atoms with Gasteiger partial charge in [0.2, 0.25) is 0 Å². The monoisotopic (exact) mass is 184 g/mol. The number of hydrogen-bond acceptors (Lipinski definition) is 2. The normalized spacial score (nSPS) is 31.5. The minimum atomic E-state index is -0.829. The number of carboxylic acid groups (broad SMARTS) is 1. The van der Waals surface area contributed by atoms with Crippen molar-refractivity contribution in [2.24, 2.45) is 11.1 Å². The van der Waals surface area contributed by atoms with Gasteiger partial charge in [-0.05, 0) is 24.7 Å². The van der Waals surface area contributed by atoms with E-state index in [4.69, 9.17) is 10.8 Å². The van der Waals surface area contributed by atoms with E-state index >= 15 is 0 Å². The van der Waals surface area contributed by atoms with E-state index in [-0.39, 0.29) is 6.04 Å². The molecule has 1 saturated carbocycles. The van der Waals surface area contributed by atoms with E-state index in [1.807, 2.05) is 0 Å². The molecule has 1 heterocycles. The largest absolute Gasteiger partial charge is 0.465 e. The zero-order valence-electron chi connectivity index (χ0n) is 7.70. The Morgan fingerprint density at radius 2 is 2.15 bits per heavy atom. The first-order valence-electron chi connectivity index (χ1n) is 4.87. The van der Waals surface area contributed by atoms with Gasteiger partial charge in [-0.2, -0.15) is 0 Å². The second-order valence-electron chi connectivity index (χ2n) is 4.30. The molecule has 0 radical (unpaired) electrons. The van der Waals surface area contributed by atoms with E-state index in [0.717, 1.165) is 6.42 Å². The van der Waals surface area contributed by atoms with Gasteiger partial charge >= 0.3 is 6.09 Å². The molecule has 1 saturated heterocycles. The molecule has 2 aliphatic rings. The molecule has 3 N–H and O–H groups in total. The van der Waals surface area contributed by atoms with Crippen molar-refractivity contribution in [3.05, 3.63) is 0 Å². The summed E-state index contributed by atoms with van der Waals surface area (Å²) >= 11 is 0. The van der Waals surface area contributed by atoms with Crippen LogP contribution >= 0.6 is 0 Å². The van der Waals surface area contributed by atoms with Crippen LogP contribution < -0.4 is 5.73 Å². The van der Waals surface area contributed by atoms with Gasteiger partial charge in [0.25, 0.3) is 0 Å². The van der Waals surface area contributed by atoms with Gasteiger partial charge < -0.3 is 15.7 Å². The van der Waals surface area contributed by atoms with E-state index < -0.39 is 6.09 Å². The van der Waals surface area contributed by atoms with Crippen molar-refractivity contribution in [1.82, 2.24) is 4.90 Å². The number of rotatable bonds is 0. The van der Waals surface area contributed by atoms with Gasteiger partial charge in [-0.25, -0.2) is 4.79 Å². The molecular formula is C9H16N2O2. The molecule has 1 aliphatic heterocycles. The van der Waals surface area contributed by atoms with Crippen LogP contribution in [0.25, 0.3) is 0 Å². The van der Waals surface area contributed by atoms with Crippen LogP contribution in [0.4, 0.5) is 4.79 Å². The van der Waals surface area contributed by atoms with Crippen LogP contribution in [0.2, 0.25) is 0 Å². The van der Waals surface area contributed by atoms with Crippen LogP contribution in [0, 0.1) is 5.41 Å². The van der Waals surface area contributed by atoms with E-state index in [2.05, 4.69) is 0 Å². The van der Waals surface area contributed by atoms with Gasteiger partial charge in [-0.3, -0.25) is 0 Å². The Kier molecular flexibility index (Phi) is 1.95. The molecule has 2 rings (SSSR count). The quantitative estimate of drug-likeness (QED) is 0.587. The molecule has 1 aliphatic carbocycles. The van der Waals surface area contributed by atoms with Crippen molar-refractivity contribution >= 4 is 6.09 Å². The molecular weight excluding hydrogens is 168 g/mol. The van der Waals surface area contributed by atoms with Crippen LogP contribution in [0.3, 0.4) is 0 Å². The zero-order chi connectivity index (χ0) is 9.47. The second-order valence-corrected chi connectivity index (χ2v) is 4.30. The molecule has 1 spiro atoms. The summed E-state index contributed by atoms with van der Waals surface area (Å²) in [6.07, 6.45) is 3.79. The second kappa shape index (κ2) is 2.87. The Bertz CT molecular complexity index is 226. The topological polar surface area (TPSA) is 66.6 Å². The van der Waals surface area contributed by atoms with Gasteiger partial charge in [0.05, 0.1) is 0 Å². The number of nitrogens with zero attached hydrogens (tertiary/aromatic N) is 1. The van der Waals surface area contributed by atoms with Gasteiger partial charge in [0.1, 0.15) is 0 Å². The molecule has 1 unspecified atom stereocenters. The lowest BCUT2D eigenvalue weighted by molar-refractivity contribution is 0.0148. The third-order valence-electron chi connectivity index (χ3n) is 3.70. The summed E-state index contributed by atoms with van der Waals surface area (Å²) in [5, 5.41) is 8.79. The zero-order valence-corrected chi connectivity index (χ0v) is 7.70. The van der Waals surface area contributed by atoms with Crippen molar-refractivity contribution in [3.8, 4) is 0 Å². The van der Waals surface area contributed by atoms with Crippen molar-refractivity contribution in [2.45, 2.75) is 31.7 Å². The van der Waals surface area contributed by atoms with Gasteiger partial charge in [0.15, 0.2) is 0 Å². The SMILES string of the molecule is NC1CN(C(=O)O)CCC12CCC2. The van der Waals surface area contributed by atoms with E-state index in [1.165, 1.54) is 24.2 Å². The lowest BCUT2D eigenvalue weighted by Gasteiger charge is -2.51. The summed E-state index contributed by atoms with van der Waals surface area (Å²) in [6.45, 7) is 1.19. The van der Waals surface area contributed by atoms with E-state index in [9.17, 15) is 4.79 Å². The predicted octanol–water partition coefficient (Wildman–Crippen LogP) is 0.868. The minimum absolute atomic E-state index is 0.0612. The maximum Gasteiger partial charge on any atom is 0.407 e. The molecule has 4 nitrogen and oxygen atoms in total. The van der Waals surface area contributed by atoms with E-state index in [1.54, 1.807) is 0 Å². The summed E-state index contributed by atoms with van der Waals surface area (Å²) in [7, 11) is 0. The Morgan fingerprint density at radius 3 is 2.54 bits per heavy atom. The lowest BCUT2D eigenvalue weighted by Crippen LogP contribution is -2.58. The first kappa shape index (κ1) is 8.81. The number of piperidine rings is 1. The Balaban J connectivity index is 1.99. The van der Waals surface area contributed by atoms with Crippen molar-refractivity contribution in [2.75, 3.05) is 13.1 Å². The van der Waals surface area contributed by atoms with Crippen molar-refractivity contribution < 1.29 is 9.90 Å². The number of amides is 1. The molecule has 0 bridgehead atoms. The molecule has 13 heavy (non-hydrogen) atoms. The van der Waals surface area contributed by atoms with Gasteiger partial charge in [-0.1, -0.05) is 6.42 Å². The highest BCUT2D eigenvalue weighted by Gasteiger charge is 2.46. The van der Waals surface area contributed by atoms with Crippen LogP contribution in [-0.4, -0.2) is 35.2 Å². The fraction of sp³-hybridized carbons (Fsp3) is 0.889. The van der Waals surface area contributed by atoms with Crippen LogP contribution in [0.15, 0.2) is 0 Å². The molecule has 0 aromatic heterocycles. The van der Waals surface area contributed by atoms with Crippen molar-refractivity contribution in [1.29, 1.82) is 0 Å². The van der Waals surface area contributed by atoms with Crippen LogP contribution in [0.5, 0.6) is 0 Å². The first-order valence-corrected chi connectivity index (χ1v) is 4.87. The average Bonchev–Trinajstić information content (AvgIpc) is 2.01. The number of hydrogen-bond donors (Lipinski definition) is 2. The van der Waals surface area contributed by atoms with Crippen molar-refractivity contribution in [3.63, 3.8) is 0 Å². The molecule has 0 aromatic carbocycles. The Hall–Kier alpha value is -0.770. The summed E-state index contributed by atoms with van der Waals surface area (Å²) in [5.74, 6) is 0. The molecule has 1 amide bonds. The fourth-order valence-electron chi connectivity index (χ4n) is 2.49. The molecule has 4 heteroatoms. The highest BCUT2D eigenvalue weighted by Crippen LogP contribution is 2.48. The number of nitrogens with two attached hydrogens (primary N) is 1. The lowest BCUT2D eigenvalue weighted by atomic mass is 9.61. The highest BCUT2D eigenvalue weighted by atomic mass is 16.4. The third kappa shape index (κ3) is 1.29. The smallest absolute Gasteiger partial charge is 0.407 e. The fourth-order valence-corrected chi connectivity index (χ4v) is 2.49. The Labute approximate surface area is 77.7 Å². The predicted molar refractivity (Wildman–Crippen MR) is 48.5 cm³/mol. The maximum absolute atomic E-state index is 10.7. The first-order chi connectivity index (χ1) is 6.14. The molecule has 74 valence electrons. The van der Waals surface area contributed by atoms with E-state index in [0.29, 0.717) is 18.5 Å². The molecule has 2 fully saturated rings. The minimum Gasteiger partial charge on any atom is -0.465 e.